The lowest BCUT2D eigenvalue weighted by atomic mass is 9.91. The Hall–Kier alpha value is -3.16. The van der Waals surface area contributed by atoms with Crippen molar-refractivity contribution in [2.75, 3.05) is 0 Å². The number of hydrogen-bond acceptors (Lipinski definition) is 4. The summed E-state index contributed by atoms with van der Waals surface area (Å²) < 4.78 is 29.0. The highest BCUT2D eigenvalue weighted by Gasteiger charge is 2.25. The fraction of sp³-hybridized carbons (Fsp3) is 0.300. The average molecular weight is 383 g/mol. The minimum atomic E-state index is -1.11. The number of carbonyl (C=O) groups is 1. The maximum atomic E-state index is 13.8. The zero-order chi connectivity index (χ0) is 19.5. The molecule has 1 amide bonds. The minimum Gasteiger partial charge on any atom is -0.349 e. The average Bonchev–Trinajstić information content (AvgIpc) is 3.21. The molecule has 0 atom stereocenters. The zero-order valence-electron chi connectivity index (χ0n) is 15.1. The predicted molar refractivity (Wildman–Crippen MR) is 98.4 cm³/mol. The molecule has 1 N–H and O–H groups in total. The first-order valence-electron chi connectivity index (χ1n) is 9.17. The fourth-order valence-corrected chi connectivity index (χ4v) is 3.56. The van der Waals surface area contributed by atoms with Gasteiger partial charge in [-0.3, -0.25) is 9.48 Å². The Kier molecular flexibility index (Phi) is 5.10. The van der Waals surface area contributed by atoms with Crippen LogP contribution >= 0.6 is 0 Å². The highest BCUT2D eigenvalue weighted by atomic mass is 19.2. The second kappa shape index (κ2) is 7.84. The lowest BCUT2D eigenvalue weighted by Gasteiger charge is -2.29. The molecule has 2 heterocycles. The zero-order valence-corrected chi connectivity index (χ0v) is 15.1. The summed E-state index contributed by atoms with van der Waals surface area (Å²) >= 11 is 0. The highest BCUT2D eigenvalue weighted by molar-refractivity contribution is 5.94. The third-order valence-electron chi connectivity index (χ3n) is 5.08. The van der Waals surface area contributed by atoms with Gasteiger partial charge in [0.25, 0.3) is 5.91 Å². The van der Waals surface area contributed by atoms with Gasteiger partial charge in [-0.05, 0) is 43.9 Å². The molecular formula is C20H19F2N5O. The maximum Gasteiger partial charge on any atom is 0.254 e. The van der Waals surface area contributed by atoms with E-state index in [2.05, 4.69) is 20.4 Å². The van der Waals surface area contributed by atoms with Crippen molar-refractivity contribution in [1.82, 2.24) is 25.1 Å². The van der Waals surface area contributed by atoms with E-state index in [4.69, 9.17) is 0 Å². The van der Waals surface area contributed by atoms with E-state index >= 15 is 0 Å². The molecule has 0 saturated heterocycles. The molecule has 8 heteroatoms. The summed E-state index contributed by atoms with van der Waals surface area (Å²) in [7, 11) is 0. The second-order valence-electron chi connectivity index (χ2n) is 6.88. The van der Waals surface area contributed by atoms with E-state index < -0.39 is 17.5 Å². The van der Waals surface area contributed by atoms with Gasteiger partial charge in [-0.2, -0.15) is 5.10 Å². The molecule has 6 nitrogen and oxygen atoms in total. The number of amides is 1. The van der Waals surface area contributed by atoms with Crippen LogP contribution in [0.5, 0.6) is 0 Å². The molecular weight excluding hydrogens is 364 g/mol. The Labute approximate surface area is 160 Å². The smallest absolute Gasteiger partial charge is 0.254 e. The van der Waals surface area contributed by atoms with Crippen LogP contribution in [0.4, 0.5) is 8.78 Å². The lowest BCUT2D eigenvalue weighted by molar-refractivity contribution is 0.0916. The van der Waals surface area contributed by atoms with E-state index in [0.29, 0.717) is 0 Å². The van der Waals surface area contributed by atoms with Crippen molar-refractivity contribution >= 4 is 5.91 Å². The number of nitrogens with zero attached hydrogens (tertiary/aromatic N) is 4. The second-order valence-corrected chi connectivity index (χ2v) is 6.88. The van der Waals surface area contributed by atoms with Crippen LogP contribution < -0.4 is 5.32 Å². The van der Waals surface area contributed by atoms with E-state index in [9.17, 15) is 13.6 Å². The molecule has 3 aromatic rings. The first kappa shape index (κ1) is 18.2. The summed E-state index contributed by atoms with van der Waals surface area (Å²) in [6.45, 7) is 0. The number of aromatic nitrogens is 4. The minimum absolute atomic E-state index is 0.0664. The summed E-state index contributed by atoms with van der Waals surface area (Å²) in [5.41, 5.74) is 1.49. The molecule has 0 unspecified atom stereocenters. The molecule has 0 radical (unpaired) electrons. The van der Waals surface area contributed by atoms with Crippen LogP contribution in [0.15, 0.2) is 49.2 Å². The van der Waals surface area contributed by atoms with Gasteiger partial charge >= 0.3 is 0 Å². The Morgan fingerprint density at radius 2 is 1.96 bits per heavy atom. The van der Waals surface area contributed by atoms with Crippen molar-refractivity contribution in [2.45, 2.75) is 37.8 Å². The first-order valence-corrected chi connectivity index (χ1v) is 9.17. The van der Waals surface area contributed by atoms with Crippen LogP contribution in [0.3, 0.4) is 0 Å². The van der Waals surface area contributed by atoms with Gasteiger partial charge in [-0.15, -0.1) is 0 Å². The van der Waals surface area contributed by atoms with Crippen LogP contribution in [-0.4, -0.2) is 31.7 Å². The Bertz CT molecular complexity index is 968. The molecule has 0 bridgehead atoms. The quantitative estimate of drug-likeness (QED) is 0.748. The van der Waals surface area contributed by atoms with Crippen LogP contribution in [0, 0.1) is 11.6 Å². The van der Waals surface area contributed by atoms with Gasteiger partial charge in [0.05, 0.1) is 23.5 Å². The van der Waals surface area contributed by atoms with E-state index in [-0.39, 0.29) is 17.6 Å². The van der Waals surface area contributed by atoms with Crippen LogP contribution in [0.1, 0.15) is 42.1 Å². The van der Waals surface area contributed by atoms with E-state index in [0.717, 1.165) is 43.0 Å². The fourth-order valence-electron chi connectivity index (χ4n) is 3.56. The van der Waals surface area contributed by atoms with E-state index in [1.165, 1.54) is 18.5 Å². The van der Waals surface area contributed by atoms with Gasteiger partial charge in [-0.1, -0.05) is 6.07 Å². The SMILES string of the molecule is O=C(NC1CCC(n2cc(-c3ccncn3)cn2)CC1)c1cccc(F)c1F. The normalized spacial score (nSPS) is 19.4. The molecule has 1 aromatic carbocycles. The number of halogens is 2. The van der Waals surface area contributed by atoms with E-state index in [1.54, 1.807) is 12.4 Å². The Balaban J connectivity index is 1.35. The van der Waals surface area contributed by atoms with Crippen molar-refractivity contribution in [3.63, 3.8) is 0 Å². The summed E-state index contributed by atoms with van der Waals surface area (Å²) in [5.74, 6) is -2.71. The monoisotopic (exact) mass is 383 g/mol. The molecule has 0 spiro atoms. The maximum absolute atomic E-state index is 13.8. The summed E-state index contributed by atoms with van der Waals surface area (Å²) in [5, 5.41) is 7.26. The number of carbonyl (C=O) groups excluding carboxylic acids is 1. The molecule has 0 aliphatic heterocycles. The third-order valence-corrected chi connectivity index (χ3v) is 5.08. The van der Waals surface area contributed by atoms with Crippen LogP contribution in [-0.2, 0) is 0 Å². The number of hydrogen-bond donors (Lipinski definition) is 1. The third kappa shape index (κ3) is 3.76. The number of rotatable bonds is 4. The van der Waals surface area contributed by atoms with Gasteiger partial charge in [0, 0.05) is 24.0 Å². The van der Waals surface area contributed by atoms with Crippen LogP contribution in [0.2, 0.25) is 0 Å². The van der Waals surface area contributed by atoms with Crippen molar-refractivity contribution in [3.05, 3.63) is 66.4 Å². The Morgan fingerprint density at radius 3 is 2.71 bits per heavy atom. The van der Waals surface area contributed by atoms with Gasteiger partial charge in [-0.25, -0.2) is 18.7 Å². The molecule has 1 saturated carbocycles. The van der Waals surface area contributed by atoms with Crippen molar-refractivity contribution in [3.8, 4) is 11.3 Å². The summed E-state index contributed by atoms with van der Waals surface area (Å²) in [6, 6.07) is 5.61. The Morgan fingerprint density at radius 1 is 1.14 bits per heavy atom. The molecule has 144 valence electrons. The predicted octanol–water partition coefficient (Wildman–Crippen LogP) is 3.53. The lowest BCUT2D eigenvalue weighted by Crippen LogP contribution is -2.38. The van der Waals surface area contributed by atoms with Crippen molar-refractivity contribution < 1.29 is 13.6 Å². The molecule has 1 aliphatic carbocycles. The number of nitrogens with one attached hydrogen (secondary N) is 1. The van der Waals surface area contributed by atoms with Gasteiger partial charge in [0.1, 0.15) is 6.33 Å². The standard InChI is InChI=1S/C20H19F2N5O/c21-17-3-1-2-16(19(17)22)20(28)26-14-4-6-15(7-5-14)27-11-13(10-25-27)18-8-9-23-12-24-18/h1-3,8-12,14-15H,4-7H2,(H,26,28). The topological polar surface area (TPSA) is 72.7 Å². The van der Waals surface area contributed by atoms with Gasteiger partial charge in [0.15, 0.2) is 11.6 Å². The molecule has 1 aliphatic rings. The van der Waals surface area contributed by atoms with Gasteiger partial charge < -0.3 is 5.32 Å². The molecule has 28 heavy (non-hydrogen) atoms. The van der Waals surface area contributed by atoms with Crippen molar-refractivity contribution in [2.24, 2.45) is 0 Å². The summed E-state index contributed by atoms with van der Waals surface area (Å²) in [6.07, 6.45) is 10.1. The number of benzene rings is 1. The first-order chi connectivity index (χ1) is 13.6. The van der Waals surface area contributed by atoms with Crippen molar-refractivity contribution in [1.29, 1.82) is 0 Å². The largest absolute Gasteiger partial charge is 0.349 e. The molecule has 4 rings (SSSR count). The van der Waals surface area contributed by atoms with Crippen LogP contribution in [0.25, 0.3) is 11.3 Å². The summed E-state index contributed by atoms with van der Waals surface area (Å²) in [4.78, 5) is 20.4. The highest BCUT2D eigenvalue weighted by Crippen LogP contribution is 2.29. The molecule has 1 fully saturated rings. The molecule has 2 aromatic heterocycles. The van der Waals surface area contributed by atoms with E-state index in [1.807, 2.05) is 16.9 Å². The van der Waals surface area contributed by atoms with Gasteiger partial charge in [0.2, 0.25) is 0 Å².